The third-order valence-corrected chi connectivity index (χ3v) is 4.25. The first-order valence-corrected chi connectivity index (χ1v) is 8.57. The van der Waals surface area contributed by atoms with Crippen LogP contribution in [0.2, 0.25) is 5.02 Å². The molecule has 132 valence electrons. The third kappa shape index (κ3) is 6.17. The molecule has 1 heterocycles. The van der Waals surface area contributed by atoms with Crippen molar-refractivity contribution in [2.45, 2.75) is 6.42 Å². The van der Waals surface area contributed by atoms with Gasteiger partial charge in [-0.05, 0) is 12.1 Å². The number of benzene rings is 1. The monoisotopic (exact) mass is 381 g/mol. The molecule has 0 spiro atoms. The van der Waals surface area contributed by atoms with Crippen LogP contribution in [0.25, 0.3) is 10.6 Å². The van der Waals surface area contributed by atoms with Gasteiger partial charge in [0.15, 0.2) is 6.61 Å². The van der Waals surface area contributed by atoms with Crippen LogP contribution >= 0.6 is 22.9 Å². The van der Waals surface area contributed by atoms with Gasteiger partial charge in [-0.1, -0.05) is 23.7 Å². The predicted molar refractivity (Wildman–Crippen MR) is 94.3 cm³/mol. The molecule has 0 aliphatic heterocycles. The molecule has 2 N–H and O–H groups in total. The number of carbonyl (C=O) groups excluding carboxylic acids is 3. The predicted octanol–water partition coefficient (Wildman–Crippen LogP) is 1.41. The van der Waals surface area contributed by atoms with Gasteiger partial charge < -0.3 is 15.4 Å². The number of hydrogen-bond acceptors (Lipinski definition) is 6. The zero-order valence-corrected chi connectivity index (χ0v) is 14.9. The summed E-state index contributed by atoms with van der Waals surface area (Å²) in [4.78, 5) is 38.6. The zero-order valence-electron chi connectivity index (χ0n) is 13.4. The number of likely N-dealkylation sites (N-methyl/N-ethyl adjacent to an activating group) is 1. The van der Waals surface area contributed by atoms with E-state index in [0.29, 0.717) is 10.7 Å². The highest BCUT2D eigenvalue weighted by molar-refractivity contribution is 7.13. The van der Waals surface area contributed by atoms with Crippen molar-refractivity contribution in [1.82, 2.24) is 15.6 Å². The largest absolute Gasteiger partial charge is 0.455 e. The van der Waals surface area contributed by atoms with Crippen LogP contribution in [-0.4, -0.2) is 43.0 Å². The van der Waals surface area contributed by atoms with Gasteiger partial charge in [-0.2, -0.15) is 0 Å². The van der Waals surface area contributed by atoms with Crippen molar-refractivity contribution in [2.24, 2.45) is 0 Å². The van der Waals surface area contributed by atoms with Crippen molar-refractivity contribution in [3.63, 3.8) is 0 Å². The molecule has 2 rings (SSSR count). The number of amides is 2. The second kappa shape index (κ2) is 9.14. The summed E-state index contributed by atoms with van der Waals surface area (Å²) in [6.07, 6.45) is -0.0349. The first kappa shape index (κ1) is 18.9. The lowest BCUT2D eigenvalue weighted by molar-refractivity contribution is -0.148. The normalized spacial score (nSPS) is 10.2. The minimum Gasteiger partial charge on any atom is -0.455 e. The third-order valence-electron chi connectivity index (χ3n) is 3.06. The molecule has 7 nitrogen and oxygen atoms in total. The van der Waals surface area contributed by atoms with Crippen LogP contribution < -0.4 is 10.6 Å². The molecule has 1 aromatic heterocycles. The number of halogens is 1. The molecule has 0 atom stereocenters. The second-order valence-corrected chi connectivity index (χ2v) is 6.23. The van der Waals surface area contributed by atoms with Crippen molar-refractivity contribution in [3.8, 4) is 10.6 Å². The van der Waals surface area contributed by atoms with Crippen molar-refractivity contribution < 1.29 is 19.1 Å². The first-order chi connectivity index (χ1) is 12.0. The highest BCUT2D eigenvalue weighted by Gasteiger charge is 2.12. The minimum absolute atomic E-state index is 0.0349. The van der Waals surface area contributed by atoms with Crippen molar-refractivity contribution in [3.05, 3.63) is 40.4 Å². The van der Waals surface area contributed by atoms with Gasteiger partial charge in [0.05, 0.1) is 18.7 Å². The van der Waals surface area contributed by atoms with Gasteiger partial charge in [0.1, 0.15) is 5.01 Å². The lowest BCUT2D eigenvalue weighted by atomic mass is 10.2. The second-order valence-electron chi connectivity index (χ2n) is 4.94. The van der Waals surface area contributed by atoms with Gasteiger partial charge in [0, 0.05) is 23.0 Å². The average molecular weight is 382 g/mol. The number of nitrogens with zero attached hydrogens (tertiary/aromatic N) is 1. The lowest BCUT2D eigenvalue weighted by Gasteiger charge is -2.05. The molecule has 2 aromatic rings. The average Bonchev–Trinajstić information content (AvgIpc) is 3.06. The number of nitrogens with one attached hydrogen (secondary N) is 2. The highest BCUT2D eigenvalue weighted by Crippen LogP contribution is 2.25. The van der Waals surface area contributed by atoms with E-state index < -0.39 is 18.5 Å². The Kier molecular flexibility index (Phi) is 6.91. The number of rotatable bonds is 7. The van der Waals surface area contributed by atoms with E-state index in [1.807, 2.05) is 12.1 Å². The van der Waals surface area contributed by atoms with Crippen molar-refractivity contribution >= 4 is 40.7 Å². The van der Waals surface area contributed by atoms with E-state index in [1.165, 1.54) is 18.4 Å². The van der Waals surface area contributed by atoms with E-state index in [9.17, 15) is 14.4 Å². The standard InChI is InChI=1S/C16H16ClN3O4S/c1-18-13(21)7-19-14(22)8-24-15(23)6-12-9-25-16(20-12)10-2-4-11(17)5-3-10/h2-5,9H,6-8H2,1H3,(H,18,21)(H,19,22). The summed E-state index contributed by atoms with van der Waals surface area (Å²) in [7, 11) is 1.46. The SMILES string of the molecule is CNC(=O)CNC(=O)COC(=O)Cc1csc(-c2ccc(Cl)cc2)n1. The van der Waals surface area contributed by atoms with Crippen LogP contribution in [0.3, 0.4) is 0 Å². The van der Waals surface area contributed by atoms with Crippen LogP contribution in [0.5, 0.6) is 0 Å². The summed E-state index contributed by atoms with van der Waals surface area (Å²) >= 11 is 7.25. The molecule has 0 saturated carbocycles. The van der Waals surface area contributed by atoms with Gasteiger partial charge in [-0.3, -0.25) is 14.4 Å². The van der Waals surface area contributed by atoms with E-state index >= 15 is 0 Å². The topological polar surface area (TPSA) is 97.4 Å². The molecular weight excluding hydrogens is 366 g/mol. The fourth-order valence-electron chi connectivity index (χ4n) is 1.78. The molecule has 0 bridgehead atoms. The summed E-state index contributed by atoms with van der Waals surface area (Å²) in [5.41, 5.74) is 1.47. The van der Waals surface area contributed by atoms with Gasteiger partial charge in [0.25, 0.3) is 5.91 Å². The van der Waals surface area contributed by atoms with Crippen LogP contribution in [0.1, 0.15) is 5.69 Å². The fraction of sp³-hybridized carbons (Fsp3) is 0.250. The molecule has 0 saturated heterocycles. The van der Waals surface area contributed by atoms with Gasteiger partial charge in [-0.15, -0.1) is 11.3 Å². The maximum atomic E-state index is 11.8. The van der Waals surface area contributed by atoms with Gasteiger partial charge >= 0.3 is 5.97 Å². The summed E-state index contributed by atoms with van der Waals surface area (Å²) in [6.45, 7) is -0.604. The number of carbonyl (C=O) groups is 3. The first-order valence-electron chi connectivity index (χ1n) is 7.31. The van der Waals surface area contributed by atoms with E-state index in [-0.39, 0.29) is 18.9 Å². The molecule has 2 amide bonds. The Morgan fingerprint density at radius 1 is 1.20 bits per heavy atom. The Morgan fingerprint density at radius 3 is 2.60 bits per heavy atom. The van der Waals surface area contributed by atoms with Crippen molar-refractivity contribution in [1.29, 1.82) is 0 Å². The minimum atomic E-state index is -0.567. The van der Waals surface area contributed by atoms with Crippen LogP contribution in [0, 0.1) is 0 Å². The number of esters is 1. The van der Waals surface area contributed by atoms with E-state index in [1.54, 1.807) is 17.5 Å². The molecule has 0 aliphatic carbocycles. The summed E-state index contributed by atoms with van der Waals surface area (Å²) in [6, 6.07) is 7.23. The van der Waals surface area contributed by atoms with E-state index in [2.05, 4.69) is 15.6 Å². The Bertz CT molecular complexity index is 761. The molecular formula is C16H16ClN3O4S. The van der Waals surface area contributed by atoms with Crippen LogP contribution in [0.4, 0.5) is 0 Å². The number of aromatic nitrogens is 1. The Hall–Kier alpha value is -2.45. The van der Waals surface area contributed by atoms with Crippen LogP contribution in [0.15, 0.2) is 29.6 Å². The van der Waals surface area contributed by atoms with E-state index in [0.717, 1.165) is 10.6 Å². The zero-order chi connectivity index (χ0) is 18.2. The maximum Gasteiger partial charge on any atom is 0.312 e. The molecule has 0 unspecified atom stereocenters. The Morgan fingerprint density at radius 2 is 1.92 bits per heavy atom. The molecule has 0 radical (unpaired) electrons. The molecule has 1 aromatic carbocycles. The van der Waals surface area contributed by atoms with Gasteiger partial charge in [0.2, 0.25) is 5.91 Å². The number of thiazole rings is 1. The molecule has 25 heavy (non-hydrogen) atoms. The Labute approximate surface area is 153 Å². The lowest BCUT2D eigenvalue weighted by Crippen LogP contribution is -2.37. The number of hydrogen-bond donors (Lipinski definition) is 2. The van der Waals surface area contributed by atoms with Crippen molar-refractivity contribution in [2.75, 3.05) is 20.2 Å². The smallest absolute Gasteiger partial charge is 0.312 e. The van der Waals surface area contributed by atoms with E-state index in [4.69, 9.17) is 16.3 Å². The maximum absolute atomic E-state index is 11.8. The highest BCUT2D eigenvalue weighted by atomic mass is 35.5. The van der Waals surface area contributed by atoms with Gasteiger partial charge in [-0.25, -0.2) is 4.98 Å². The summed E-state index contributed by atoms with van der Waals surface area (Å²) < 4.78 is 4.87. The molecule has 9 heteroatoms. The quantitative estimate of drug-likeness (QED) is 0.707. The molecule has 0 aliphatic rings. The summed E-state index contributed by atoms with van der Waals surface area (Å²) in [5, 5.41) is 7.86. The number of ether oxygens (including phenoxy) is 1. The van der Waals surface area contributed by atoms with Crippen LogP contribution in [-0.2, 0) is 25.5 Å². The fourth-order valence-corrected chi connectivity index (χ4v) is 2.73. The molecule has 0 fully saturated rings. The summed E-state index contributed by atoms with van der Waals surface area (Å²) in [5.74, 6) is -1.45. The Balaban J connectivity index is 1.80.